The fraction of sp³-hybridized carbons (Fsp3) is 0.450. The van der Waals surface area contributed by atoms with Crippen LogP contribution in [0.25, 0.3) is 11.4 Å². The number of rotatable bonds is 2. The van der Waals surface area contributed by atoms with E-state index in [-0.39, 0.29) is 6.09 Å². The molecule has 3 rings (SSSR count). The third kappa shape index (κ3) is 4.13. The maximum atomic E-state index is 12.5. The normalized spacial score (nSPS) is 14.3. The highest BCUT2D eigenvalue weighted by Crippen LogP contribution is 2.26. The number of hydrogen-bond acceptors (Lipinski definition) is 5. The summed E-state index contributed by atoms with van der Waals surface area (Å²) in [5.74, 6) is 0.240. The van der Waals surface area contributed by atoms with Crippen LogP contribution in [0.3, 0.4) is 0 Å². The fourth-order valence-electron chi connectivity index (χ4n) is 3.13. The number of benzene rings is 1. The van der Waals surface area contributed by atoms with Crippen molar-refractivity contribution in [3.8, 4) is 11.4 Å². The molecule has 1 aliphatic heterocycles. The van der Waals surface area contributed by atoms with Crippen LogP contribution in [0.15, 0.2) is 30.3 Å². The van der Waals surface area contributed by atoms with Gasteiger partial charge in [-0.1, -0.05) is 30.3 Å². The molecule has 0 N–H and O–H groups in total. The van der Waals surface area contributed by atoms with E-state index in [0.29, 0.717) is 37.6 Å². The van der Waals surface area contributed by atoms with E-state index in [4.69, 9.17) is 9.47 Å². The first-order chi connectivity index (χ1) is 12.8. The highest BCUT2D eigenvalue weighted by molar-refractivity contribution is 5.89. The molecule has 0 atom stereocenters. The highest BCUT2D eigenvalue weighted by Gasteiger charge is 2.29. The summed E-state index contributed by atoms with van der Waals surface area (Å²) in [6.45, 7) is 7.01. The minimum Gasteiger partial charge on any atom is -0.464 e. The Labute approximate surface area is 158 Å². The van der Waals surface area contributed by atoms with Crippen molar-refractivity contribution in [2.75, 3.05) is 20.2 Å². The zero-order chi connectivity index (χ0) is 19.6. The number of methoxy groups -OCH3 is 1. The molecule has 0 radical (unpaired) electrons. The smallest absolute Gasteiger partial charge is 0.410 e. The molecule has 27 heavy (non-hydrogen) atoms. The zero-order valence-electron chi connectivity index (χ0n) is 16.2. The Balaban J connectivity index is 1.93. The van der Waals surface area contributed by atoms with Crippen LogP contribution in [0.4, 0.5) is 4.79 Å². The van der Waals surface area contributed by atoms with Crippen LogP contribution < -0.4 is 0 Å². The Kier molecular flexibility index (Phi) is 5.21. The van der Waals surface area contributed by atoms with Crippen LogP contribution in [-0.2, 0) is 22.4 Å². The fourth-order valence-corrected chi connectivity index (χ4v) is 3.13. The van der Waals surface area contributed by atoms with Crippen molar-refractivity contribution < 1.29 is 19.1 Å². The lowest BCUT2D eigenvalue weighted by Crippen LogP contribution is -2.38. The molecule has 7 heteroatoms. The Morgan fingerprint density at radius 1 is 1.07 bits per heavy atom. The Hall–Kier alpha value is -2.83. The van der Waals surface area contributed by atoms with Gasteiger partial charge in [0, 0.05) is 31.6 Å². The lowest BCUT2D eigenvalue weighted by molar-refractivity contribution is 0.0254. The number of ether oxygens (including phenoxy) is 2. The van der Waals surface area contributed by atoms with E-state index in [2.05, 4.69) is 4.98 Å². The van der Waals surface area contributed by atoms with E-state index in [1.54, 1.807) is 4.90 Å². The number of amides is 1. The summed E-state index contributed by atoms with van der Waals surface area (Å²) < 4.78 is 12.4. The van der Waals surface area contributed by atoms with Crippen molar-refractivity contribution in [1.82, 2.24) is 14.5 Å². The molecule has 1 amide bonds. The molecule has 7 nitrogen and oxygen atoms in total. The van der Waals surface area contributed by atoms with Gasteiger partial charge in [-0.2, -0.15) is 0 Å². The predicted octanol–water partition coefficient (Wildman–Crippen LogP) is 3.13. The van der Waals surface area contributed by atoms with E-state index in [0.717, 1.165) is 11.3 Å². The number of aromatic nitrogens is 2. The van der Waals surface area contributed by atoms with E-state index in [1.807, 2.05) is 55.7 Å². The summed E-state index contributed by atoms with van der Waals surface area (Å²) in [5, 5.41) is 0. The van der Waals surface area contributed by atoms with Gasteiger partial charge in [0.25, 0.3) is 0 Å². The van der Waals surface area contributed by atoms with Gasteiger partial charge in [0.05, 0.1) is 12.8 Å². The van der Waals surface area contributed by atoms with Crippen molar-refractivity contribution in [2.45, 2.75) is 39.3 Å². The first-order valence-corrected chi connectivity index (χ1v) is 9.01. The summed E-state index contributed by atoms with van der Waals surface area (Å²) >= 11 is 0. The Bertz CT molecular complexity index is 837. The summed E-state index contributed by atoms with van der Waals surface area (Å²) in [4.78, 5) is 30.9. The number of nitrogens with zero attached hydrogens (tertiary/aromatic N) is 3. The third-order valence-corrected chi connectivity index (χ3v) is 4.35. The monoisotopic (exact) mass is 371 g/mol. The second-order valence-electron chi connectivity index (χ2n) is 7.46. The van der Waals surface area contributed by atoms with Crippen LogP contribution in [-0.4, -0.2) is 52.3 Å². The van der Waals surface area contributed by atoms with E-state index < -0.39 is 11.6 Å². The van der Waals surface area contributed by atoms with E-state index in [1.165, 1.54) is 7.11 Å². The number of esters is 1. The van der Waals surface area contributed by atoms with Crippen molar-refractivity contribution in [1.29, 1.82) is 0 Å². The summed E-state index contributed by atoms with van der Waals surface area (Å²) in [6.07, 6.45) is 0.158. The van der Waals surface area contributed by atoms with Gasteiger partial charge in [0.1, 0.15) is 11.4 Å². The Morgan fingerprint density at radius 3 is 2.41 bits per heavy atom. The van der Waals surface area contributed by atoms with Crippen LogP contribution in [0.5, 0.6) is 0 Å². The first-order valence-electron chi connectivity index (χ1n) is 9.01. The minimum atomic E-state index is -0.549. The first kappa shape index (κ1) is 18.9. The standard InChI is InChI=1S/C20H25N3O4/c1-20(2,3)27-19(25)22-11-10-15-16(18(24)26-4)21-17(23(15)13-12-22)14-8-6-5-7-9-14/h5-9H,10-13H2,1-4H3. The van der Waals surface area contributed by atoms with Crippen molar-refractivity contribution >= 4 is 12.1 Å². The van der Waals surface area contributed by atoms with Crippen molar-refractivity contribution in [3.05, 3.63) is 41.7 Å². The maximum absolute atomic E-state index is 12.5. The summed E-state index contributed by atoms with van der Waals surface area (Å²) in [7, 11) is 1.35. The number of carbonyl (C=O) groups is 2. The molecule has 0 saturated heterocycles. The van der Waals surface area contributed by atoms with Gasteiger partial charge in [-0.05, 0) is 20.8 Å². The van der Waals surface area contributed by atoms with E-state index in [9.17, 15) is 9.59 Å². The van der Waals surface area contributed by atoms with Gasteiger partial charge in [-0.15, -0.1) is 0 Å². The minimum absolute atomic E-state index is 0.308. The topological polar surface area (TPSA) is 73.7 Å². The SMILES string of the molecule is COC(=O)c1nc(-c2ccccc2)n2c1CCN(C(=O)OC(C)(C)C)CC2. The molecule has 0 spiro atoms. The van der Waals surface area contributed by atoms with Gasteiger partial charge in [-0.25, -0.2) is 14.6 Å². The molecule has 0 aliphatic carbocycles. The maximum Gasteiger partial charge on any atom is 0.410 e. The molecule has 0 saturated carbocycles. The molecule has 0 unspecified atom stereocenters. The third-order valence-electron chi connectivity index (χ3n) is 4.35. The molecule has 0 fully saturated rings. The number of hydrogen-bond donors (Lipinski definition) is 0. The van der Waals surface area contributed by atoms with Gasteiger partial charge in [0.2, 0.25) is 0 Å². The lowest BCUT2D eigenvalue weighted by Gasteiger charge is -2.26. The van der Waals surface area contributed by atoms with Crippen LogP contribution in [0, 0.1) is 0 Å². The average Bonchev–Trinajstić information content (AvgIpc) is 2.84. The summed E-state index contributed by atoms with van der Waals surface area (Å²) in [5.41, 5.74) is 1.46. The molecule has 1 aromatic heterocycles. The zero-order valence-corrected chi connectivity index (χ0v) is 16.2. The quantitative estimate of drug-likeness (QED) is 0.758. The molecule has 144 valence electrons. The van der Waals surface area contributed by atoms with Crippen molar-refractivity contribution in [2.24, 2.45) is 0 Å². The number of carbonyl (C=O) groups excluding carboxylic acids is 2. The van der Waals surface area contributed by atoms with Gasteiger partial charge in [0.15, 0.2) is 5.69 Å². The molecule has 2 aromatic rings. The van der Waals surface area contributed by atoms with Crippen molar-refractivity contribution in [3.63, 3.8) is 0 Å². The van der Waals surface area contributed by atoms with Gasteiger partial charge in [-0.3, -0.25) is 0 Å². The molecular weight excluding hydrogens is 346 g/mol. The van der Waals surface area contributed by atoms with Crippen LogP contribution in [0.1, 0.15) is 37.0 Å². The number of imidazole rings is 1. The largest absolute Gasteiger partial charge is 0.464 e. The average molecular weight is 371 g/mol. The second-order valence-corrected chi connectivity index (χ2v) is 7.46. The number of fused-ring (bicyclic) bond motifs is 1. The molecule has 1 aliphatic rings. The van der Waals surface area contributed by atoms with Gasteiger partial charge >= 0.3 is 12.1 Å². The molecule has 1 aromatic carbocycles. The molecule has 0 bridgehead atoms. The molecular formula is C20H25N3O4. The molecule has 2 heterocycles. The van der Waals surface area contributed by atoms with E-state index >= 15 is 0 Å². The van der Waals surface area contributed by atoms with Crippen LogP contribution in [0.2, 0.25) is 0 Å². The van der Waals surface area contributed by atoms with Gasteiger partial charge < -0.3 is 18.9 Å². The predicted molar refractivity (Wildman–Crippen MR) is 101 cm³/mol. The lowest BCUT2D eigenvalue weighted by atomic mass is 10.2. The second kappa shape index (κ2) is 7.42. The Morgan fingerprint density at radius 2 is 1.78 bits per heavy atom. The summed E-state index contributed by atoms with van der Waals surface area (Å²) in [6, 6.07) is 9.69. The van der Waals surface area contributed by atoms with Crippen LogP contribution >= 0.6 is 0 Å². The highest BCUT2D eigenvalue weighted by atomic mass is 16.6.